The maximum Gasteiger partial charge on any atom is 0.151 e. The summed E-state index contributed by atoms with van der Waals surface area (Å²) in [7, 11) is 0. The molecule has 2 aliphatic rings. The predicted molar refractivity (Wildman–Crippen MR) is 158 cm³/mol. The van der Waals surface area contributed by atoms with Gasteiger partial charge in [0.1, 0.15) is 5.54 Å². The van der Waals surface area contributed by atoms with Gasteiger partial charge in [0.05, 0.1) is 16.9 Å². The van der Waals surface area contributed by atoms with Crippen LogP contribution < -0.4 is 9.64 Å². The molecule has 0 radical (unpaired) electrons. The zero-order valence-corrected chi connectivity index (χ0v) is 21.8. The molecule has 6 aromatic rings. The molecule has 0 bridgehead atoms. The molecule has 1 aliphatic heterocycles. The normalized spacial score (nSPS) is 14.3. The third-order valence-corrected chi connectivity index (χ3v) is 8.44. The Bertz CT molecular complexity index is 1850. The Morgan fingerprint density at radius 1 is 0.590 bits per heavy atom. The summed E-state index contributed by atoms with van der Waals surface area (Å²) in [6.45, 7) is 4.35. The number of aromatic nitrogens is 1. The number of anilines is 2. The highest BCUT2D eigenvalue weighted by atomic mass is 16.5. The second-order valence-electron chi connectivity index (χ2n) is 10.5. The van der Waals surface area contributed by atoms with E-state index in [0.29, 0.717) is 0 Å². The Morgan fingerprint density at radius 3 is 1.77 bits per heavy atom. The molecule has 0 spiro atoms. The van der Waals surface area contributed by atoms with Crippen LogP contribution >= 0.6 is 0 Å². The topological polar surface area (TPSA) is 25.4 Å². The molecule has 0 N–H and O–H groups in total. The number of para-hydroxylation sites is 4. The van der Waals surface area contributed by atoms with Gasteiger partial charge in [-0.2, -0.15) is 0 Å². The fourth-order valence-electron chi connectivity index (χ4n) is 6.65. The van der Waals surface area contributed by atoms with Gasteiger partial charge >= 0.3 is 0 Å². The third-order valence-electron chi connectivity index (χ3n) is 8.44. The van der Waals surface area contributed by atoms with Crippen molar-refractivity contribution in [3.8, 4) is 22.6 Å². The molecule has 0 unspecified atom stereocenters. The van der Waals surface area contributed by atoms with Crippen molar-refractivity contribution in [2.45, 2.75) is 19.4 Å². The minimum Gasteiger partial charge on any atom is -0.453 e. The molecular formula is C36H26N2O. The number of benzene rings is 5. The highest BCUT2D eigenvalue weighted by molar-refractivity contribution is 5.96. The summed E-state index contributed by atoms with van der Waals surface area (Å²) in [5.41, 5.74) is 11.1. The van der Waals surface area contributed by atoms with Crippen LogP contribution in [0.3, 0.4) is 0 Å². The number of aryl methyl sites for hydroxylation is 2. The Morgan fingerprint density at radius 2 is 1.13 bits per heavy atom. The van der Waals surface area contributed by atoms with Crippen LogP contribution in [0.25, 0.3) is 22.0 Å². The Kier molecular flexibility index (Phi) is 4.57. The molecule has 5 aromatic carbocycles. The molecule has 0 fully saturated rings. The second kappa shape index (κ2) is 8.05. The fraction of sp³-hybridized carbons (Fsp3) is 0.0833. The molecular weight excluding hydrogens is 476 g/mol. The standard InChI is InChI=1S/C36H26N2O/c1-23-21-27-30(19-20-37-31(27)22-24(23)2)36(28-13-5-3-11-25(28)26-12-4-6-14-29(26)36)38-32-15-7-9-17-34(32)39-35-18-10-8-16-33(35)38/h3-22H,1-2H3. The Hall–Kier alpha value is -4.89. The van der Waals surface area contributed by atoms with Gasteiger partial charge in [0, 0.05) is 11.6 Å². The van der Waals surface area contributed by atoms with E-state index in [-0.39, 0.29) is 0 Å². The number of rotatable bonds is 2. The first-order chi connectivity index (χ1) is 19.2. The van der Waals surface area contributed by atoms with E-state index >= 15 is 0 Å². The zero-order chi connectivity index (χ0) is 26.1. The van der Waals surface area contributed by atoms with E-state index < -0.39 is 5.54 Å². The Labute approximate surface area is 228 Å². The Balaban J connectivity index is 1.61. The number of fused-ring (bicyclic) bond motifs is 6. The first-order valence-electron chi connectivity index (χ1n) is 13.4. The number of hydrogen-bond acceptors (Lipinski definition) is 3. The molecule has 39 heavy (non-hydrogen) atoms. The van der Waals surface area contributed by atoms with Crippen LogP contribution in [0.15, 0.2) is 121 Å². The van der Waals surface area contributed by atoms with Crippen molar-refractivity contribution in [1.29, 1.82) is 0 Å². The average molecular weight is 503 g/mol. The van der Waals surface area contributed by atoms with Crippen molar-refractivity contribution in [2.75, 3.05) is 4.90 Å². The van der Waals surface area contributed by atoms with Crippen molar-refractivity contribution < 1.29 is 4.74 Å². The third kappa shape index (κ3) is 2.90. The van der Waals surface area contributed by atoms with Crippen molar-refractivity contribution >= 4 is 22.3 Å². The summed E-state index contributed by atoms with van der Waals surface area (Å²) >= 11 is 0. The molecule has 8 rings (SSSR count). The summed E-state index contributed by atoms with van der Waals surface area (Å²) in [5.74, 6) is 1.70. The minimum absolute atomic E-state index is 0.661. The molecule has 3 nitrogen and oxygen atoms in total. The van der Waals surface area contributed by atoms with Gasteiger partial charge in [-0.3, -0.25) is 4.98 Å². The maximum atomic E-state index is 6.49. The van der Waals surface area contributed by atoms with E-state index in [4.69, 9.17) is 9.72 Å². The van der Waals surface area contributed by atoms with E-state index in [9.17, 15) is 0 Å². The summed E-state index contributed by atoms with van der Waals surface area (Å²) < 4.78 is 6.49. The lowest BCUT2D eigenvalue weighted by Crippen LogP contribution is -2.45. The number of hydrogen-bond donors (Lipinski definition) is 0. The zero-order valence-electron chi connectivity index (χ0n) is 21.8. The lowest BCUT2D eigenvalue weighted by Gasteiger charge is -2.47. The van der Waals surface area contributed by atoms with Crippen LogP contribution in [0.4, 0.5) is 11.4 Å². The summed E-state index contributed by atoms with van der Waals surface area (Å²) in [6.07, 6.45) is 1.97. The van der Waals surface area contributed by atoms with Crippen LogP contribution in [-0.4, -0.2) is 4.98 Å². The molecule has 1 aromatic heterocycles. The van der Waals surface area contributed by atoms with E-state index in [1.807, 2.05) is 18.3 Å². The van der Waals surface area contributed by atoms with Crippen LogP contribution in [-0.2, 0) is 5.54 Å². The highest BCUT2D eigenvalue weighted by Crippen LogP contribution is 2.62. The average Bonchev–Trinajstić information content (AvgIpc) is 3.27. The smallest absolute Gasteiger partial charge is 0.151 e. The minimum atomic E-state index is -0.661. The molecule has 3 heteroatoms. The second-order valence-corrected chi connectivity index (χ2v) is 10.5. The molecule has 2 heterocycles. The molecule has 0 saturated carbocycles. The quantitative estimate of drug-likeness (QED) is 0.236. The molecule has 186 valence electrons. The van der Waals surface area contributed by atoms with Gasteiger partial charge in [0.15, 0.2) is 11.5 Å². The van der Waals surface area contributed by atoms with Gasteiger partial charge in [-0.1, -0.05) is 72.8 Å². The monoisotopic (exact) mass is 502 g/mol. The van der Waals surface area contributed by atoms with Gasteiger partial charge in [-0.25, -0.2) is 0 Å². The number of pyridine rings is 1. The van der Waals surface area contributed by atoms with E-state index in [2.05, 4.69) is 122 Å². The lowest BCUT2D eigenvalue weighted by atomic mass is 9.76. The van der Waals surface area contributed by atoms with Crippen LogP contribution in [0.5, 0.6) is 11.5 Å². The van der Waals surface area contributed by atoms with E-state index in [1.54, 1.807) is 0 Å². The number of nitrogens with zero attached hydrogens (tertiary/aromatic N) is 2. The van der Waals surface area contributed by atoms with E-state index in [1.165, 1.54) is 38.9 Å². The van der Waals surface area contributed by atoms with Crippen LogP contribution in [0, 0.1) is 13.8 Å². The van der Waals surface area contributed by atoms with Gasteiger partial charge in [-0.05, 0) is 95.3 Å². The van der Waals surface area contributed by atoms with Gasteiger partial charge in [0.2, 0.25) is 0 Å². The van der Waals surface area contributed by atoms with Gasteiger partial charge in [-0.15, -0.1) is 0 Å². The van der Waals surface area contributed by atoms with Gasteiger partial charge in [0.25, 0.3) is 0 Å². The SMILES string of the molecule is Cc1cc2nccc(C3(N4c5ccccc5Oc5ccccc54)c4ccccc4-c4ccccc43)c2cc1C. The highest BCUT2D eigenvalue weighted by Gasteiger charge is 2.52. The molecule has 0 saturated heterocycles. The first kappa shape index (κ1) is 22.1. The maximum absolute atomic E-state index is 6.49. The molecule has 1 aliphatic carbocycles. The molecule has 0 amide bonds. The number of ether oxygens (including phenoxy) is 1. The van der Waals surface area contributed by atoms with E-state index in [0.717, 1.165) is 33.8 Å². The molecule has 0 atom stereocenters. The van der Waals surface area contributed by atoms with Crippen LogP contribution in [0.1, 0.15) is 27.8 Å². The lowest BCUT2D eigenvalue weighted by molar-refractivity contribution is 0.461. The predicted octanol–water partition coefficient (Wildman–Crippen LogP) is 9.07. The summed E-state index contributed by atoms with van der Waals surface area (Å²) in [5, 5.41) is 1.16. The van der Waals surface area contributed by atoms with Crippen molar-refractivity contribution in [3.05, 3.63) is 149 Å². The van der Waals surface area contributed by atoms with Crippen molar-refractivity contribution in [2.24, 2.45) is 0 Å². The van der Waals surface area contributed by atoms with Crippen molar-refractivity contribution in [1.82, 2.24) is 4.98 Å². The summed E-state index contributed by atoms with van der Waals surface area (Å²) in [6, 6.07) is 41.2. The largest absolute Gasteiger partial charge is 0.453 e. The first-order valence-corrected chi connectivity index (χ1v) is 13.4. The fourth-order valence-corrected chi connectivity index (χ4v) is 6.65. The van der Waals surface area contributed by atoms with Crippen LogP contribution in [0.2, 0.25) is 0 Å². The summed E-state index contributed by atoms with van der Waals surface area (Å²) in [4.78, 5) is 7.36. The van der Waals surface area contributed by atoms with Crippen molar-refractivity contribution in [3.63, 3.8) is 0 Å². The van der Waals surface area contributed by atoms with Gasteiger partial charge < -0.3 is 9.64 Å².